The molecular weight excluding hydrogens is 286 g/mol. The largest absolute Gasteiger partial charge is 0.396 e. The Morgan fingerprint density at radius 3 is 2.71 bits per heavy atom. The molecule has 0 bridgehead atoms. The van der Waals surface area contributed by atoms with Gasteiger partial charge in [0.25, 0.3) is 11.7 Å². The summed E-state index contributed by atoms with van der Waals surface area (Å²) in [7, 11) is 0. The van der Waals surface area contributed by atoms with E-state index in [4.69, 9.17) is 5.11 Å². The van der Waals surface area contributed by atoms with E-state index in [1.807, 2.05) is 6.07 Å². The molecule has 0 atom stereocenters. The minimum Gasteiger partial charge on any atom is -0.396 e. The highest BCUT2D eigenvalue weighted by molar-refractivity contribution is 9.10. The van der Waals surface area contributed by atoms with E-state index in [9.17, 15) is 9.59 Å². The van der Waals surface area contributed by atoms with E-state index >= 15 is 0 Å². The number of rotatable bonds is 4. The number of carbonyl (C=O) groups is 2. The molecule has 0 aromatic heterocycles. The molecule has 0 saturated carbocycles. The molecule has 1 amide bonds. The highest BCUT2D eigenvalue weighted by Crippen LogP contribution is 2.35. The van der Waals surface area contributed by atoms with Crippen LogP contribution in [0.1, 0.15) is 23.2 Å². The summed E-state index contributed by atoms with van der Waals surface area (Å²) in [6.07, 6.45) is 1.30. The van der Waals surface area contributed by atoms with E-state index in [0.29, 0.717) is 30.6 Å². The van der Waals surface area contributed by atoms with Crippen molar-refractivity contribution in [2.24, 2.45) is 0 Å². The molecule has 90 valence electrons. The first-order valence-corrected chi connectivity index (χ1v) is 6.21. The number of para-hydroxylation sites is 1. The first kappa shape index (κ1) is 12.3. The lowest BCUT2D eigenvalue weighted by Gasteiger charge is -2.17. The monoisotopic (exact) mass is 297 g/mol. The van der Waals surface area contributed by atoms with Gasteiger partial charge in [-0.2, -0.15) is 0 Å². The van der Waals surface area contributed by atoms with Crippen LogP contribution in [0.25, 0.3) is 0 Å². The van der Waals surface area contributed by atoms with Gasteiger partial charge in [-0.05, 0) is 40.9 Å². The standard InChI is InChI=1S/C12H12BrNO3/c13-9-5-3-4-8-10(9)14(6-1-2-7-15)12(17)11(8)16/h3-5,15H,1-2,6-7H2. The van der Waals surface area contributed by atoms with Crippen LogP contribution < -0.4 is 4.90 Å². The van der Waals surface area contributed by atoms with Crippen LogP contribution in [0.4, 0.5) is 5.69 Å². The van der Waals surface area contributed by atoms with Crippen LogP contribution in [-0.2, 0) is 4.79 Å². The predicted octanol–water partition coefficient (Wildman–Crippen LogP) is 1.75. The number of halogens is 1. The number of aliphatic hydroxyl groups is 1. The van der Waals surface area contributed by atoms with Gasteiger partial charge in [0, 0.05) is 17.6 Å². The summed E-state index contributed by atoms with van der Waals surface area (Å²) in [6.45, 7) is 0.555. The second-order valence-electron chi connectivity index (χ2n) is 3.85. The third-order valence-electron chi connectivity index (χ3n) is 2.73. The summed E-state index contributed by atoms with van der Waals surface area (Å²) in [5.74, 6) is -0.935. The molecule has 17 heavy (non-hydrogen) atoms. The topological polar surface area (TPSA) is 57.6 Å². The molecule has 0 unspecified atom stereocenters. The fourth-order valence-electron chi connectivity index (χ4n) is 1.91. The molecule has 0 saturated heterocycles. The smallest absolute Gasteiger partial charge is 0.299 e. The van der Waals surface area contributed by atoms with Gasteiger partial charge in [-0.1, -0.05) is 6.07 Å². The summed E-state index contributed by atoms with van der Waals surface area (Å²) < 4.78 is 0.748. The highest BCUT2D eigenvalue weighted by Gasteiger charge is 2.36. The molecule has 1 aromatic rings. The normalized spacial score (nSPS) is 14.4. The zero-order valence-electron chi connectivity index (χ0n) is 9.15. The van der Waals surface area contributed by atoms with Gasteiger partial charge in [0.15, 0.2) is 0 Å². The summed E-state index contributed by atoms with van der Waals surface area (Å²) in [5.41, 5.74) is 1.11. The Morgan fingerprint density at radius 2 is 2.00 bits per heavy atom. The lowest BCUT2D eigenvalue weighted by atomic mass is 10.1. The van der Waals surface area contributed by atoms with Gasteiger partial charge in [-0.25, -0.2) is 0 Å². The van der Waals surface area contributed by atoms with Crippen LogP contribution >= 0.6 is 15.9 Å². The number of unbranched alkanes of at least 4 members (excludes halogenated alkanes) is 1. The third-order valence-corrected chi connectivity index (χ3v) is 3.37. The van der Waals surface area contributed by atoms with Gasteiger partial charge < -0.3 is 10.0 Å². The van der Waals surface area contributed by atoms with Gasteiger partial charge in [0.2, 0.25) is 0 Å². The van der Waals surface area contributed by atoms with E-state index in [1.165, 1.54) is 4.90 Å². The first-order valence-electron chi connectivity index (χ1n) is 5.42. The molecule has 2 rings (SSSR count). The lowest BCUT2D eigenvalue weighted by Crippen LogP contribution is -2.30. The van der Waals surface area contributed by atoms with Gasteiger partial charge >= 0.3 is 0 Å². The average molecular weight is 298 g/mol. The van der Waals surface area contributed by atoms with Crippen molar-refractivity contribution in [3.05, 3.63) is 28.2 Å². The van der Waals surface area contributed by atoms with Crippen LogP contribution in [0.3, 0.4) is 0 Å². The maximum atomic E-state index is 11.8. The molecule has 0 fully saturated rings. The minimum absolute atomic E-state index is 0.0960. The van der Waals surface area contributed by atoms with Crippen molar-refractivity contribution in [3.63, 3.8) is 0 Å². The summed E-state index contributed by atoms with van der Waals surface area (Å²) in [6, 6.07) is 5.21. The third kappa shape index (κ3) is 2.12. The number of amides is 1. The van der Waals surface area contributed by atoms with Crippen molar-refractivity contribution in [1.82, 2.24) is 0 Å². The summed E-state index contributed by atoms with van der Waals surface area (Å²) in [4.78, 5) is 25.0. The molecule has 5 heteroatoms. The van der Waals surface area contributed by atoms with Gasteiger partial charge in [0.05, 0.1) is 11.3 Å². The Balaban J connectivity index is 2.30. The molecule has 4 nitrogen and oxygen atoms in total. The lowest BCUT2D eigenvalue weighted by molar-refractivity contribution is -0.114. The Morgan fingerprint density at radius 1 is 1.24 bits per heavy atom. The molecular formula is C12H12BrNO3. The van der Waals surface area contributed by atoms with Crippen molar-refractivity contribution in [2.75, 3.05) is 18.1 Å². The van der Waals surface area contributed by atoms with Crippen molar-refractivity contribution >= 4 is 33.3 Å². The summed E-state index contributed by atoms with van der Waals surface area (Å²) in [5, 5.41) is 8.73. The van der Waals surface area contributed by atoms with Gasteiger partial charge in [0.1, 0.15) is 0 Å². The SMILES string of the molecule is O=C1C(=O)N(CCCCO)c2c(Br)cccc21. The number of benzene rings is 1. The van der Waals surface area contributed by atoms with Crippen LogP contribution in [0.15, 0.2) is 22.7 Å². The fraction of sp³-hybridized carbons (Fsp3) is 0.333. The van der Waals surface area contributed by atoms with Crippen LogP contribution in [0.2, 0.25) is 0 Å². The quantitative estimate of drug-likeness (QED) is 0.680. The molecule has 0 radical (unpaired) electrons. The Hall–Kier alpha value is -1.20. The fourth-order valence-corrected chi connectivity index (χ4v) is 2.49. The number of nitrogens with zero attached hydrogens (tertiary/aromatic N) is 1. The number of aliphatic hydroxyl groups excluding tert-OH is 1. The van der Waals surface area contributed by atoms with E-state index in [0.717, 1.165) is 4.47 Å². The number of hydrogen-bond acceptors (Lipinski definition) is 3. The van der Waals surface area contributed by atoms with Crippen molar-refractivity contribution in [2.45, 2.75) is 12.8 Å². The van der Waals surface area contributed by atoms with Gasteiger partial charge in [-0.15, -0.1) is 0 Å². The second-order valence-corrected chi connectivity index (χ2v) is 4.71. The zero-order chi connectivity index (χ0) is 12.4. The number of Topliss-reactive ketones (excluding diaryl/α,β-unsaturated/α-hetero) is 1. The maximum absolute atomic E-state index is 11.8. The van der Waals surface area contributed by atoms with E-state index in [-0.39, 0.29) is 6.61 Å². The minimum atomic E-state index is -0.482. The van der Waals surface area contributed by atoms with Crippen molar-refractivity contribution < 1.29 is 14.7 Å². The number of ketones is 1. The number of fused-ring (bicyclic) bond motifs is 1. The Bertz CT molecular complexity index is 473. The van der Waals surface area contributed by atoms with Crippen molar-refractivity contribution in [3.8, 4) is 0 Å². The van der Waals surface area contributed by atoms with Crippen molar-refractivity contribution in [1.29, 1.82) is 0 Å². The van der Waals surface area contributed by atoms with Crippen LogP contribution in [0, 0.1) is 0 Å². The number of carbonyl (C=O) groups excluding carboxylic acids is 2. The molecule has 1 aliphatic rings. The zero-order valence-corrected chi connectivity index (χ0v) is 10.7. The number of anilines is 1. The molecule has 0 spiro atoms. The highest BCUT2D eigenvalue weighted by atomic mass is 79.9. The van der Waals surface area contributed by atoms with E-state index in [1.54, 1.807) is 12.1 Å². The average Bonchev–Trinajstić information content (AvgIpc) is 2.56. The molecule has 1 aromatic carbocycles. The molecule has 1 heterocycles. The van der Waals surface area contributed by atoms with E-state index in [2.05, 4.69) is 15.9 Å². The van der Waals surface area contributed by atoms with Gasteiger partial charge in [-0.3, -0.25) is 9.59 Å². The molecule has 0 aliphatic carbocycles. The van der Waals surface area contributed by atoms with E-state index < -0.39 is 11.7 Å². The summed E-state index contributed by atoms with van der Waals surface area (Å²) >= 11 is 3.36. The maximum Gasteiger partial charge on any atom is 0.299 e. The number of hydrogen-bond donors (Lipinski definition) is 1. The molecule has 1 N–H and O–H groups in total. The van der Waals surface area contributed by atoms with Crippen LogP contribution in [-0.4, -0.2) is 29.9 Å². The molecule has 1 aliphatic heterocycles. The second kappa shape index (κ2) is 4.98. The Labute approximate surface area is 107 Å². The first-order chi connectivity index (χ1) is 8.16. The predicted molar refractivity (Wildman–Crippen MR) is 67.1 cm³/mol. The van der Waals surface area contributed by atoms with Crippen LogP contribution in [0.5, 0.6) is 0 Å². The Kier molecular flexibility index (Phi) is 3.59.